The van der Waals surface area contributed by atoms with Crippen LogP contribution in [0.5, 0.6) is 0 Å². The maximum Gasteiger partial charge on any atom is 0.273 e. The molecule has 0 aliphatic carbocycles. The molecular weight excluding hydrogens is 389 g/mol. The molecule has 0 fully saturated rings. The molecule has 1 aromatic carbocycles. The fourth-order valence-electron chi connectivity index (χ4n) is 2.12. The van der Waals surface area contributed by atoms with Crippen LogP contribution in [0.1, 0.15) is 34.9 Å². The van der Waals surface area contributed by atoms with Crippen LogP contribution in [-0.4, -0.2) is 28.4 Å². The first-order valence-electron chi connectivity index (χ1n) is 7.31. The first-order valence-corrected chi connectivity index (χ1v) is 8.95. The second kappa shape index (κ2) is 9.59. The second-order valence-electron chi connectivity index (χ2n) is 5.44. The zero-order chi connectivity index (χ0) is 17.0. The number of benzene rings is 1. The molecule has 0 spiro atoms. The molecular formula is C16H20Cl3N3OS. The summed E-state index contributed by atoms with van der Waals surface area (Å²) in [6.07, 6.45) is 0.687. The standard InChI is InChI=1S/C16H19Cl2N3OS.ClH/c1-10(2)21(8-11-3-4-12(17)13(18)7-11)16(22)14-9-23-15(20-14)5-6-19;/h3-4,7,9-10H,5-6,8,19H2,1-2H3;1H. The van der Waals surface area contributed by atoms with E-state index in [1.54, 1.807) is 22.4 Å². The second-order valence-corrected chi connectivity index (χ2v) is 7.20. The summed E-state index contributed by atoms with van der Waals surface area (Å²) < 4.78 is 0. The van der Waals surface area contributed by atoms with Gasteiger partial charge in [-0.1, -0.05) is 29.3 Å². The Kier molecular flexibility index (Phi) is 8.46. The highest BCUT2D eigenvalue weighted by molar-refractivity contribution is 7.09. The molecule has 1 aromatic heterocycles. The van der Waals surface area contributed by atoms with Crippen LogP contribution >= 0.6 is 46.9 Å². The van der Waals surface area contributed by atoms with E-state index in [1.807, 2.05) is 19.9 Å². The zero-order valence-corrected chi connectivity index (χ0v) is 16.6. The van der Waals surface area contributed by atoms with E-state index >= 15 is 0 Å². The molecule has 2 rings (SSSR count). The van der Waals surface area contributed by atoms with Gasteiger partial charge in [0.1, 0.15) is 5.69 Å². The molecule has 2 aromatic rings. The topological polar surface area (TPSA) is 59.2 Å². The van der Waals surface area contributed by atoms with E-state index in [0.29, 0.717) is 35.2 Å². The predicted molar refractivity (Wildman–Crippen MR) is 104 cm³/mol. The predicted octanol–water partition coefficient (Wildman–Crippen LogP) is 4.42. The van der Waals surface area contributed by atoms with Crippen molar-refractivity contribution in [3.8, 4) is 0 Å². The van der Waals surface area contributed by atoms with E-state index in [2.05, 4.69) is 4.98 Å². The third kappa shape index (κ3) is 5.33. The van der Waals surface area contributed by atoms with Crippen molar-refractivity contribution in [1.29, 1.82) is 0 Å². The van der Waals surface area contributed by atoms with Crippen LogP contribution in [0.3, 0.4) is 0 Å². The number of amides is 1. The monoisotopic (exact) mass is 407 g/mol. The van der Waals surface area contributed by atoms with Gasteiger partial charge in [0, 0.05) is 24.4 Å². The Bertz CT molecular complexity index is 691. The van der Waals surface area contributed by atoms with Gasteiger partial charge >= 0.3 is 0 Å². The van der Waals surface area contributed by atoms with Crippen LogP contribution in [0.25, 0.3) is 0 Å². The largest absolute Gasteiger partial charge is 0.331 e. The lowest BCUT2D eigenvalue weighted by Gasteiger charge is -2.26. The number of nitrogens with two attached hydrogens (primary N) is 1. The van der Waals surface area contributed by atoms with Gasteiger partial charge in [-0.05, 0) is 38.1 Å². The minimum Gasteiger partial charge on any atom is -0.331 e. The van der Waals surface area contributed by atoms with E-state index in [0.717, 1.165) is 10.6 Å². The van der Waals surface area contributed by atoms with Crippen LogP contribution < -0.4 is 5.73 Å². The lowest BCUT2D eigenvalue weighted by atomic mass is 10.1. The highest BCUT2D eigenvalue weighted by Gasteiger charge is 2.21. The number of nitrogens with zero attached hydrogens (tertiary/aromatic N) is 2. The Balaban J connectivity index is 0.00000288. The molecule has 0 saturated carbocycles. The summed E-state index contributed by atoms with van der Waals surface area (Å²) >= 11 is 13.5. The summed E-state index contributed by atoms with van der Waals surface area (Å²) in [7, 11) is 0. The SMILES string of the molecule is CC(C)N(Cc1ccc(Cl)c(Cl)c1)C(=O)c1csc(CCN)n1.Cl. The van der Waals surface area contributed by atoms with Crippen LogP contribution in [0.15, 0.2) is 23.6 Å². The van der Waals surface area contributed by atoms with Gasteiger partial charge in [-0.15, -0.1) is 23.7 Å². The van der Waals surface area contributed by atoms with Crippen molar-refractivity contribution in [1.82, 2.24) is 9.88 Å². The molecule has 2 N–H and O–H groups in total. The van der Waals surface area contributed by atoms with Crippen molar-refractivity contribution < 1.29 is 4.79 Å². The summed E-state index contributed by atoms with van der Waals surface area (Å²) in [5, 5.41) is 3.66. The zero-order valence-electron chi connectivity index (χ0n) is 13.5. The van der Waals surface area contributed by atoms with Crippen molar-refractivity contribution in [3.63, 3.8) is 0 Å². The van der Waals surface area contributed by atoms with Crippen LogP contribution in [0, 0.1) is 0 Å². The van der Waals surface area contributed by atoms with Crippen molar-refractivity contribution >= 4 is 52.9 Å². The number of hydrogen-bond acceptors (Lipinski definition) is 4. The summed E-state index contributed by atoms with van der Waals surface area (Å²) in [5.74, 6) is -0.0920. The molecule has 0 saturated heterocycles. The lowest BCUT2D eigenvalue weighted by molar-refractivity contribution is 0.0685. The molecule has 0 aliphatic rings. The number of aromatic nitrogens is 1. The fourth-order valence-corrected chi connectivity index (χ4v) is 3.23. The fraction of sp³-hybridized carbons (Fsp3) is 0.375. The van der Waals surface area contributed by atoms with Crippen LogP contribution in [0.2, 0.25) is 10.0 Å². The number of rotatable bonds is 6. The maximum atomic E-state index is 12.7. The number of carbonyl (C=O) groups is 1. The maximum absolute atomic E-state index is 12.7. The van der Waals surface area contributed by atoms with Gasteiger partial charge in [0.25, 0.3) is 5.91 Å². The average molecular weight is 409 g/mol. The van der Waals surface area contributed by atoms with Crippen LogP contribution in [0.4, 0.5) is 0 Å². The highest BCUT2D eigenvalue weighted by Crippen LogP contribution is 2.24. The third-order valence-electron chi connectivity index (χ3n) is 3.35. The lowest BCUT2D eigenvalue weighted by Crippen LogP contribution is -2.36. The molecule has 0 unspecified atom stereocenters. The van der Waals surface area contributed by atoms with Gasteiger partial charge < -0.3 is 10.6 Å². The summed E-state index contributed by atoms with van der Waals surface area (Å²) in [5.41, 5.74) is 6.93. The quantitative estimate of drug-likeness (QED) is 0.769. The Hall–Kier alpha value is -0.850. The van der Waals surface area contributed by atoms with E-state index in [1.165, 1.54) is 11.3 Å². The summed E-state index contributed by atoms with van der Waals surface area (Å²) in [6.45, 7) is 4.93. The van der Waals surface area contributed by atoms with Gasteiger partial charge in [0.2, 0.25) is 0 Å². The Morgan fingerprint density at radius 1 is 1.33 bits per heavy atom. The van der Waals surface area contributed by atoms with Crippen molar-refractivity contribution in [2.45, 2.75) is 32.9 Å². The van der Waals surface area contributed by atoms with Gasteiger partial charge in [0.05, 0.1) is 15.1 Å². The molecule has 24 heavy (non-hydrogen) atoms. The first-order chi connectivity index (χ1) is 10.9. The van der Waals surface area contributed by atoms with Crippen molar-refractivity contribution in [3.05, 3.63) is 49.9 Å². The molecule has 8 heteroatoms. The first kappa shape index (κ1) is 21.2. The average Bonchev–Trinajstić information content (AvgIpc) is 2.96. The molecule has 1 amide bonds. The highest BCUT2D eigenvalue weighted by atomic mass is 35.5. The summed E-state index contributed by atoms with van der Waals surface area (Å²) in [4.78, 5) is 18.9. The number of hydrogen-bond donors (Lipinski definition) is 1. The Morgan fingerprint density at radius 3 is 2.62 bits per heavy atom. The van der Waals surface area contributed by atoms with E-state index in [9.17, 15) is 4.79 Å². The molecule has 0 aliphatic heterocycles. The number of thiazole rings is 1. The Morgan fingerprint density at radius 2 is 2.04 bits per heavy atom. The number of halogens is 3. The molecule has 0 bridgehead atoms. The van der Waals surface area contributed by atoms with Gasteiger partial charge in [-0.3, -0.25) is 4.79 Å². The molecule has 0 atom stereocenters. The smallest absolute Gasteiger partial charge is 0.273 e. The molecule has 132 valence electrons. The summed E-state index contributed by atoms with van der Waals surface area (Å²) in [6, 6.07) is 5.44. The Labute approximate surface area is 162 Å². The number of carbonyl (C=O) groups excluding carboxylic acids is 1. The van der Waals surface area contributed by atoms with E-state index in [4.69, 9.17) is 28.9 Å². The minimum absolute atomic E-state index is 0. The van der Waals surface area contributed by atoms with Gasteiger partial charge in [-0.25, -0.2) is 4.98 Å². The van der Waals surface area contributed by atoms with Crippen molar-refractivity contribution in [2.75, 3.05) is 6.54 Å². The molecule has 0 radical (unpaired) electrons. The van der Waals surface area contributed by atoms with E-state index in [-0.39, 0.29) is 24.4 Å². The molecule has 4 nitrogen and oxygen atoms in total. The van der Waals surface area contributed by atoms with E-state index < -0.39 is 0 Å². The van der Waals surface area contributed by atoms with Gasteiger partial charge in [-0.2, -0.15) is 0 Å². The van der Waals surface area contributed by atoms with Crippen molar-refractivity contribution in [2.24, 2.45) is 5.73 Å². The molecule has 1 heterocycles. The van der Waals surface area contributed by atoms with Gasteiger partial charge in [0.15, 0.2) is 0 Å². The van der Waals surface area contributed by atoms with Crippen LogP contribution in [-0.2, 0) is 13.0 Å². The minimum atomic E-state index is -0.0920. The third-order valence-corrected chi connectivity index (χ3v) is 5.00. The normalized spacial score (nSPS) is 10.6.